The van der Waals surface area contributed by atoms with Crippen LogP contribution in [0.4, 0.5) is 0 Å². The summed E-state index contributed by atoms with van der Waals surface area (Å²) < 4.78 is 21.8. The van der Waals surface area contributed by atoms with E-state index in [0.717, 1.165) is 5.57 Å². The molecule has 9 nitrogen and oxygen atoms in total. The molecule has 0 radical (unpaired) electrons. The Morgan fingerprint density at radius 1 is 1.21 bits per heavy atom. The van der Waals surface area contributed by atoms with Crippen LogP contribution in [0, 0.1) is 0 Å². The molecule has 0 spiro atoms. The molecule has 4 N–H and O–H groups in total. The van der Waals surface area contributed by atoms with Crippen molar-refractivity contribution in [2.75, 3.05) is 20.8 Å². The van der Waals surface area contributed by atoms with Crippen LogP contribution < -0.4 is 9.47 Å². The maximum atomic E-state index is 11.5. The monoisotopic (exact) mass is 412 g/mol. The zero-order chi connectivity index (χ0) is 21.7. The average molecular weight is 412 g/mol. The van der Waals surface area contributed by atoms with Crippen molar-refractivity contribution in [2.24, 2.45) is 0 Å². The van der Waals surface area contributed by atoms with E-state index in [9.17, 15) is 25.2 Å². The molecule has 1 aromatic rings. The van der Waals surface area contributed by atoms with E-state index < -0.39 is 43.3 Å². The van der Waals surface area contributed by atoms with Crippen LogP contribution in [-0.2, 0) is 15.9 Å². The fourth-order valence-electron chi connectivity index (χ4n) is 3.09. The third-order valence-corrected chi connectivity index (χ3v) is 4.66. The number of methoxy groups -OCH3 is 2. The minimum atomic E-state index is -1.47. The summed E-state index contributed by atoms with van der Waals surface area (Å²) in [7, 11) is 2.70. The number of allylic oxidation sites excluding steroid dienone is 2. The van der Waals surface area contributed by atoms with Gasteiger partial charge in [-0.1, -0.05) is 11.6 Å². The smallest absolute Gasteiger partial charge is 0.335 e. The molecule has 1 heterocycles. The number of aromatic carboxylic acids is 1. The second-order valence-corrected chi connectivity index (χ2v) is 6.98. The van der Waals surface area contributed by atoms with Gasteiger partial charge in [-0.05, 0) is 32.4 Å². The van der Waals surface area contributed by atoms with E-state index in [1.165, 1.54) is 26.4 Å². The summed E-state index contributed by atoms with van der Waals surface area (Å²) in [5.74, 6) is -0.804. The number of hydrogen-bond acceptors (Lipinski definition) is 8. The number of hydrogen-bond donors (Lipinski definition) is 4. The Balaban J connectivity index is 2.44. The molecule has 2 rings (SSSR count). The molecule has 0 bridgehead atoms. The lowest BCUT2D eigenvalue weighted by molar-refractivity contribution is -0.282. The molecular formula is C20H28O9. The molecule has 9 heteroatoms. The van der Waals surface area contributed by atoms with E-state index >= 15 is 0 Å². The summed E-state index contributed by atoms with van der Waals surface area (Å²) in [5, 5.41) is 39.6. The van der Waals surface area contributed by atoms with Crippen molar-refractivity contribution in [1.29, 1.82) is 0 Å². The molecule has 0 saturated carbocycles. The van der Waals surface area contributed by atoms with Gasteiger partial charge in [0.25, 0.3) is 0 Å². The number of carboxylic acid groups (broad SMARTS) is 1. The van der Waals surface area contributed by atoms with Gasteiger partial charge in [-0.3, -0.25) is 0 Å². The fraction of sp³-hybridized carbons (Fsp3) is 0.550. The molecular weight excluding hydrogens is 384 g/mol. The molecule has 1 aliphatic rings. The zero-order valence-corrected chi connectivity index (χ0v) is 16.9. The van der Waals surface area contributed by atoms with Gasteiger partial charge in [-0.2, -0.15) is 0 Å². The third kappa shape index (κ3) is 5.26. The lowest BCUT2D eigenvalue weighted by Gasteiger charge is -2.41. The highest BCUT2D eigenvalue weighted by Crippen LogP contribution is 2.36. The number of carboxylic acids is 1. The van der Waals surface area contributed by atoms with Crippen LogP contribution in [0.3, 0.4) is 0 Å². The highest BCUT2D eigenvalue weighted by molar-refractivity contribution is 5.89. The first-order chi connectivity index (χ1) is 13.7. The van der Waals surface area contributed by atoms with E-state index in [1.807, 2.05) is 19.9 Å². The molecule has 1 saturated heterocycles. The van der Waals surface area contributed by atoms with Crippen molar-refractivity contribution in [3.05, 3.63) is 34.9 Å². The van der Waals surface area contributed by atoms with Gasteiger partial charge in [0.1, 0.15) is 24.4 Å². The molecule has 0 aliphatic carbocycles. The van der Waals surface area contributed by atoms with Gasteiger partial charge in [-0.25, -0.2) is 4.79 Å². The second-order valence-electron chi connectivity index (χ2n) is 6.98. The first-order valence-corrected chi connectivity index (χ1v) is 9.12. The Labute approximate surface area is 169 Å². The molecule has 162 valence electrons. The molecule has 1 aromatic carbocycles. The molecule has 5 atom stereocenters. The zero-order valence-electron chi connectivity index (χ0n) is 16.9. The van der Waals surface area contributed by atoms with Gasteiger partial charge in [0.15, 0.2) is 11.5 Å². The second kappa shape index (κ2) is 10.0. The Morgan fingerprint density at radius 3 is 2.41 bits per heavy atom. The van der Waals surface area contributed by atoms with E-state index in [4.69, 9.17) is 18.9 Å². The van der Waals surface area contributed by atoms with Crippen molar-refractivity contribution in [3.63, 3.8) is 0 Å². The number of aliphatic hydroxyl groups excluding tert-OH is 3. The van der Waals surface area contributed by atoms with Gasteiger partial charge in [0.05, 0.1) is 19.3 Å². The predicted octanol–water partition coefficient (Wildman–Crippen LogP) is 0.735. The van der Waals surface area contributed by atoms with E-state index in [-0.39, 0.29) is 17.1 Å². The minimum absolute atomic E-state index is 0.0178. The Morgan fingerprint density at radius 2 is 1.90 bits per heavy atom. The predicted molar refractivity (Wildman–Crippen MR) is 102 cm³/mol. The fourth-order valence-corrected chi connectivity index (χ4v) is 3.09. The summed E-state index contributed by atoms with van der Waals surface area (Å²) >= 11 is 0. The van der Waals surface area contributed by atoms with Gasteiger partial charge < -0.3 is 39.4 Å². The van der Waals surface area contributed by atoms with Crippen molar-refractivity contribution >= 4 is 5.97 Å². The Kier molecular flexibility index (Phi) is 8.00. The van der Waals surface area contributed by atoms with Crippen LogP contribution in [0.1, 0.15) is 29.8 Å². The van der Waals surface area contributed by atoms with Gasteiger partial charge in [0, 0.05) is 12.7 Å². The largest absolute Gasteiger partial charge is 0.493 e. The average Bonchev–Trinajstić information content (AvgIpc) is 2.69. The van der Waals surface area contributed by atoms with Crippen LogP contribution in [0.5, 0.6) is 11.5 Å². The minimum Gasteiger partial charge on any atom is -0.493 e. The van der Waals surface area contributed by atoms with Crippen LogP contribution in [0.25, 0.3) is 0 Å². The van der Waals surface area contributed by atoms with Crippen LogP contribution in [0.2, 0.25) is 0 Å². The first-order valence-electron chi connectivity index (χ1n) is 9.12. The number of benzene rings is 1. The van der Waals surface area contributed by atoms with Gasteiger partial charge >= 0.3 is 5.97 Å². The number of aliphatic hydroxyl groups is 3. The first kappa shape index (κ1) is 23.1. The number of rotatable bonds is 8. The number of ether oxygens (including phenoxy) is 4. The van der Waals surface area contributed by atoms with Crippen LogP contribution in [-0.4, -0.2) is 77.9 Å². The summed E-state index contributed by atoms with van der Waals surface area (Å²) in [4.78, 5) is 11.5. The molecule has 0 amide bonds. The Bertz CT molecular complexity index is 740. The normalized spacial score (nSPS) is 26.7. The van der Waals surface area contributed by atoms with Crippen molar-refractivity contribution in [1.82, 2.24) is 0 Å². The molecule has 1 aliphatic heterocycles. The Hall–Kier alpha value is -2.17. The van der Waals surface area contributed by atoms with Gasteiger partial charge in [0.2, 0.25) is 6.29 Å². The lowest BCUT2D eigenvalue weighted by Crippen LogP contribution is -2.60. The van der Waals surface area contributed by atoms with E-state index in [2.05, 4.69) is 0 Å². The SMILES string of the molecule is COc1cc(C(=O)O)cc(CC=C(C)C)c1O[C@@H]1O[C@H](CO)[C@@H](OC)[C@H](O)[C@H]1O. The maximum Gasteiger partial charge on any atom is 0.335 e. The third-order valence-electron chi connectivity index (χ3n) is 4.66. The molecule has 0 aromatic heterocycles. The highest BCUT2D eigenvalue weighted by atomic mass is 16.7. The molecule has 0 unspecified atom stereocenters. The van der Waals surface area contributed by atoms with Crippen LogP contribution >= 0.6 is 0 Å². The summed E-state index contributed by atoms with van der Waals surface area (Å²) in [5.41, 5.74) is 1.54. The number of carbonyl (C=O) groups is 1. The van der Waals surface area contributed by atoms with Crippen molar-refractivity contribution in [2.45, 2.75) is 51.0 Å². The highest BCUT2D eigenvalue weighted by Gasteiger charge is 2.46. The van der Waals surface area contributed by atoms with E-state index in [0.29, 0.717) is 12.0 Å². The summed E-state index contributed by atoms with van der Waals surface area (Å²) in [6, 6.07) is 2.75. The molecule has 1 fully saturated rings. The lowest BCUT2D eigenvalue weighted by atomic mass is 9.99. The molecule has 29 heavy (non-hydrogen) atoms. The standard InChI is InChI=1S/C20H28O9/c1-10(2)5-6-11-7-12(19(24)25)8-13(26-3)17(11)29-20-16(23)15(22)18(27-4)14(9-21)28-20/h5,7-8,14-16,18,20-23H,6,9H2,1-4H3,(H,24,25)/t14-,15-,16-,18-,20+/m1/s1. The maximum absolute atomic E-state index is 11.5. The summed E-state index contributed by atoms with van der Waals surface area (Å²) in [6.07, 6.45) is -3.78. The van der Waals surface area contributed by atoms with E-state index in [1.54, 1.807) is 0 Å². The topological polar surface area (TPSA) is 135 Å². The van der Waals surface area contributed by atoms with Crippen molar-refractivity contribution in [3.8, 4) is 11.5 Å². The van der Waals surface area contributed by atoms with Crippen molar-refractivity contribution < 1.29 is 44.2 Å². The quantitative estimate of drug-likeness (QED) is 0.456. The van der Waals surface area contributed by atoms with Crippen LogP contribution in [0.15, 0.2) is 23.8 Å². The summed E-state index contributed by atoms with van der Waals surface area (Å²) in [6.45, 7) is 3.35. The van der Waals surface area contributed by atoms with Gasteiger partial charge in [-0.15, -0.1) is 0 Å².